The van der Waals surface area contributed by atoms with Gasteiger partial charge < -0.3 is 4.57 Å². The van der Waals surface area contributed by atoms with E-state index in [0.717, 1.165) is 4.57 Å². The Kier molecular flexibility index (Phi) is 4.66. The molecule has 1 amide bonds. The third kappa shape index (κ3) is 3.66. The molecule has 2 aromatic heterocycles. The zero-order valence-corrected chi connectivity index (χ0v) is 13.7. The third-order valence-electron chi connectivity index (χ3n) is 3.25. The number of carbonyl (C=O) groups is 1. The average molecular weight is 339 g/mol. The Bertz CT molecular complexity index is 897. The summed E-state index contributed by atoms with van der Waals surface area (Å²) in [4.78, 5) is 25.3. The van der Waals surface area contributed by atoms with Crippen molar-refractivity contribution in [2.45, 2.75) is 25.3 Å². The molecule has 124 valence electrons. The molecular weight excluding hydrogens is 322 g/mol. The zero-order valence-electron chi connectivity index (χ0n) is 12.9. The molecule has 0 fully saturated rings. The lowest BCUT2D eigenvalue weighted by Crippen LogP contribution is -2.44. The first-order valence-electron chi connectivity index (χ1n) is 6.68. The van der Waals surface area contributed by atoms with Crippen molar-refractivity contribution >= 4 is 15.9 Å². The van der Waals surface area contributed by atoms with Crippen LogP contribution < -0.4 is 15.8 Å². The van der Waals surface area contributed by atoms with Gasteiger partial charge in [0.15, 0.2) is 0 Å². The van der Waals surface area contributed by atoms with Crippen molar-refractivity contribution in [3.63, 3.8) is 0 Å². The summed E-state index contributed by atoms with van der Waals surface area (Å²) in [5, 5.41) is 4.02. The monoisotopic (exact) mass is 339 g/mol. The van der Waals surface area contributed by atoms with Crippen LogP contribution in [0.3, 0.4) is 0 Å². The Morgan fingerprint density at radius 1 is 1.30 bits per heavy atom. The summed E-state index contributed by atoms with van der Waals surface area (Å²) < 4.78 is 27.1. The quantitative estimate of drug-likeness (QED) is 0.693. The molecule has 0 bridgehead atoms. The number of nitrogens with one attached hydrogen (secondary N) is 2. The Hall–Kier alpha value is -2.46. The first kappa shape index (κ1) is 16.9. The molecule has 2 aromatic rings. The number of aryl methyl sites for hydroxylation is 2. The maximum absolute atomic E-state index is 12.3. The number of amides is 1. The van der Waals surface area contributed by atoms with Gasteiger partial charge in [0.25, 0.3) is 21.5 Å². The number of aromatic nitrogens is 3. The van der Waals surface area contributed by atoms with Crippen molar-refractivity contribution in [1.82, 2.24) is 24.6 Å². The predicted molar refractivity (Wildman–Crippen MR) is 81.8 cm³/mol. The fourth-order valence-electron chi connectivity index (χ4n) is 2.10. The van der Waals surface area contributed by atoms with Gasteiger partial charge >= 0.3 is 0 Å². The molecule has 0 aromatic carbocycles. The van der Waals surface area contributed by atoms with Crippen LogP contribution >= 0.6 is 0 Å². The van der Waals surface area contributed by atoms with E-state index < -0.39 is 15.9 Å². The van der Waals surface area contributed by atoms with Crippen LogP contribution in [0.4, 0.5) is 0 Å². The summed E-state index contributed by atoms with van der Waals surface area (Å²) in [6.45, 7) is 2.88. The number of hydrogen-bond donors (Lipinski definition) is 2. The van der Waals surface area contributed by atoms with Crippen LogP contribution in [-0.2, 0) is 28.4 Å². The minimum absolute atomic E-state index is 0.0113. The highest BCUT2D eigenvalue weighted by Crippen LogP contribution is 2.17. The van der Waals surface area contributed by atoms with Gasteiger partial charge in [-0.15, -0.1) is 4.83 Å². The average Bonchev–Trinajstić information content (AvgIpc) is 2.73. The van der Waals surface area contributed by atoms with Crippen molar-refractivity contribution in [2.24, 2.45) is 7.05 Å². The Morgan fingerprint density at radius 3 is 2.57 bits per heavy atom. The summed E-state index contributed by atoms with van der Waals surface area (Å²) >= 11 is 0. The standard InChI is InChI=1S/C13H17N5O4S/c1-9-13(10(2)17(3)15-9)23(21,22)16-14-11(19)8-18-7-5-4-6-12(18)20/h4-7,16H,8H2,1-3H3,(H,14,19). The molecule has 2 heterocycles. The molecule has 2 N–H and O–H groups in total. The maximum Gasteiger partial charge on any atom is 0.261 e. The van der Waals surface area contributed by atoms with E-state index in [1.165, 1.54) is 16.9 Å². The number of nitrogens with zero attached hydrogens (tertiary/aromatic N) is 3. The van der Waals surface area contributed by atoms with E-state index >= 15 is 0 Å². The van der Waals surface area contributed by atoms with Gasteiger partial charge in [0.1, 0.15) is 11.4 Å². The summed E-state index contributed by atoms with van der Waals surface area (Å²) in [7, 11) is -2.32. The summed E-state index contributed by atoms with van der Waals surface area (Å²) in [5.41, 5.74) is 2.50. The highest BCUT2D eigenvalue weighted by atomic mass is 32.2. The van der Waals surface area contributed by atoms with Gasteiger partial charge in [0.2, 0.25) is 0 Å². The fraction of sp³-hybridized carbons (Fsp3) is 0.308. The molecular formula is C13H17N5O4S. The van der Waals surface area contributed by atoms with Gasteiger partial charge in [0, 0.05) is 19.3 Å². The second kappa shape index (κ2) is 6.34. The number of hydrazine groups is 1. The van der Waals surface area contributed by atoms with E-state index in [2.05, 4.69) is 10.5 Å². The molecule has 10 heteroatoms. The van der Waals surface area contributed by atoms with Crippen LogP contribution in [-0.4, -0.2) is 28.7 Å². The number of hydrogen-bond acceptors (Lipinski definition) is 5. The van der Waals surface area contributed by atoms with Crippen molar-refractivity contribution in [3.8, 4) is 0 Å². The Labute approximate surface area is 133 Å². The molecule has 0 saturated carbocycles. The van der Waals surface area contributed by atoms with E-state index in [-0.39, 0.29) is 17.0 Å². The Balaban J connectivity index is 2.09. The maximum atomic E-state index is 12.3. The van der Waals surface area contributed by atoms with Crippen molar-refractivity contribution in [2.75, 3.05) is 0 Å². The molecule has 0 atom stereocenters. The van der Waals surface area contributed by atoms with Gasteiger partial charge in [-0.05, 0) is 19.9 Å². The minimum atomic E-state index is -3.95. The lowest BCUT2D eigenvalue weighted by molar-refractivity contribution is -0.122. The summed E-state index contributed by atoms with van der Waals surface area (Å²) in [6.07, 6.45) is 1.44. The smallest absolute Gasteiger partial charge is 0.261 e. The fourth-order valence-corrected chi connectivity index (χ4v) is 3.40. The summed E-state index contributed by atoms with van der Waals surface area (Å²) in [5.74, 6) is -0.666. The largest absolute Gasteiger partial charge is 0.306 e. The normalized spacial score (nSPS) is 11.4. The van der Waals surface area contributed by atoms with Crippen LogP contribution in [0.5, 0.6) is 0 Å². The SMILES string of the molecule is Cc1nn(C)c(C)c1S(=O)(=O)NNC(=O)Cn1ccccc1=O. The van der Waals surface area contributed by atoms with E-state index in [1.807, 2.05) is 4.83 Å². The lowest BCUT2D eigenvalue weighted by atomic mass is 10.4. The molecule has 0 aliphatic rings. The van der Waals surface area contributed by atoms with Crippen molar-refractivity contribution < 1.29 is 13.2 Å². The van der Waals surface area contributed by atoms with E-state index in [9.17, 15) is 18.0 Å². The molecule has 0 saturated heterocycles. The minimum Gasteiger partial charge on any atom is -0.306 e. The first-order chi connectivity index (χ1) is 10.7. The Morgan fingerprint density at radius 2 is 2.00 bits per heavy atom. The van der Waals surface area contributed by atoms with Crippen LogP contribution in [0.1, 0.15) is 11.4 Å². The molecule has 0 aliphatic heterocycles. The van der Waals surface area contributed by atoms with Gasteiger partial charge in [-0.25, -0.2) is 8.42 Å². The third-order valence-corrected chi connectivity index (χ3v) is 4.75. The van der Waals surface area contributed by atoms with Crippen LogP contribution in [0.2, 0.25) is 0 Å². The molecule has 0 aliphatic carbocycles. The predicted octanol–water partition coefficient (Wildman–Crippen LogP) is -0.792. The highest BCUT2D eigenvalue weighted by Gasteiger charge is 2.24. The second-order valence-electron chi connectivity index (χ2n) is 4.94. The molecule has 0 unspecified atom stereocenters. The number of rotatable bonds is 5. The highest BCUT2D eigenvalue weighted by molar-refractivity contribution is 7.89. The molecule has 2 rings (SSSR count). The summed E-state index contributed by atoms with van der Waals surface area (Å²) in [6, 6.07) is 4.45. The topological polar surface area (TPSA) is 115 Å². The van der Waals surface area contributed by atoms with Crippen LogP contribution in [0.25, 0.3) is 0 Å². The van der Waals surface area contributed by atoms with Crippen LogP contribution in [0.15, 0.2) is 34.1 Å². The number of pyridine rings is 1. The molecule has 9 nitrogen and oxygen atoms in total. The lowest BCUT2D eigenvalue weighted by Gasteiger charge is -2.09. The number of carbonyl (C=O) groups excluding carboxylic acids is 1. The first-order valence-corrected chi connectivity index (χ1v) is 8.17. The van der Waals surface area contributed by atoms with Gasteiger partial charge in [-0.3, -0.25) is 19.7 Å². The van der Waals surface area contributed by atoms with Crippen molar-refractivity contribution in [3.05, 3.63) is 46.1 Å². The van der Waals surface area contributed by atoms with Gasteiger partial charge in [0.05, 0.1) is 11.4 Å². The van der Waals surface area contributed by atoms with E-state index in [0.29, 0.717) is 11.4 Å². The van der Waals surface area contributed by atoms with Gasteiger partial charge in [-0.1, -0.05) is 6.07 Å². The second-order valence-corrected chi connectivity index (χ2v) is 6.56. The van der Waals surface area contributed by atoms with Crippen molar-refractivity contribution in [1.29, 1.82) is 0 Å². The molecule has 0 radical (unpaired) electrons. The van der Waals surface area contributed by atoms with Crippen LogP contribution in [0, 0.1) is 13.8 Å². The van der Waals surface area contributed by atoms with E-state index in [4.69, 9.17) is 0 Å². The molecule has 23 heavy (non-hydrogen) atoms. The van der Waals surface area contributed by atoms with Gasteiger partial charge in [-0.2, -0.15) is 5.10 Å². The zero-order chi connectivity index (χ0) is 17.2. The molecule has 0 spiro atoms. The van der Waals surface area contributed by atoms with E-state index in [1.54, 1.807) is 33.0 Å². The number of sulfonamides is 1.